The minimum Gasteiger partial charge on any atom is -0.456 e. The molecule has 52 heavy (non-hydrogen) atoms. The largest absolute Gasteiger partial charge is 0.456 e. The highest BCUT2D eigenvalue weighted by Gasteiger charge is 2.19. The number of aromatic nitrogens is 4. The maximum absolute atomic E-state index is 7.38. The van der Waals surface area contributed by atoms with E-state index < -0.39 is 0 Å². The van der Waals surface area contributed by atoms with E-state index in [0.29, 0.717) is 23.2 Å². The fourth-order valence-electron chi connectivity index (χ4n) is 7.23. The van der Waals surface area contributed by atoms with E-state index in [-0.39, 0.29) is 0 Å². The first-order valence-corrected chi connectivity index (χ1v) is 17.1. The molecule has 0 amide bonds. The molecule has 0 bridgehead atoms. The molecule has 0 radical (unpaired) electrons. The molecular formula is C46H27N5O. The van der Waals surface area contributed by atoms with Gasteiger partial charge in [-0.25, -0.2) is 19.8 Å². The van der Waals surface area contributed by atoms with Crippen molar-refractivity contribution in [1.29, 1.82) is 0 Å². The lowest BCUT2D eigenvalue weighted by Gasteiger charge is -2.09. The third-order valence-corrected chi connectivity index (χ3v) is 9.68. The fraction of sp³-hybridized carbons (Fsp3) is 0. The average Bonchev–Trinajstić information content (AvgIpc) is 3.76. The Labute approximate surface area is 298 Å². The summed E-state index contributed by atoms with van der Waals surface area (Å²) in [6, 6.07) is 55.4. The maximum atomic E-state index is 7.38. The molecule has 0 saturated carbocycles. The maximum Gasteiger partial charge on any atom is 0.187 e. The lowest BCUT2D eigenvalue weighted by atomic mass is 9.99. The van der Waals surface area contributed by atoms with E-state index in [1.807, 2.05) is 97.1 Å². The monoisotopic (exact) mass is 665 g/mol. The number of hydrogen-bond acceptors (Lipinski definition) is 4. The van der Waals surface area contributed by atoms with Crippen molar-refractivity contribution in [2.45, 2.75) is 0 Å². The van der Waals surface area contributed by atoms with Crippen molar-refractivity contribution in [3.05, 3.63) is 175 Å². The second-order valence-electron chi connectivity index (χ2n) is 12.7. The Morgan fingerprint density at radius 1 is 0.462 bits per heavy atom. The zero-order valence-electron chi connectivity index (χ0n) is 27.7. The molecule has 0 aliphatic heterocycles. The van der Waals surface area contributed by atoms with Crippen LogP contribution in [0.3, 0.4) is 0 Å². The molecule has 7 aromatic carbocycles. The van der Waals surface area contributed by atoms with Crippen molar-refractivity contribution >= 4 is 49.4 Å². The Morgan fingerprint density at radius 2 is 1.08 bits per heavy atom. The van der Waals surface area contributed by atoms with Crippen LogP contribution in [0.25, 0.3) is 99.6 Å². The standard InChI is InChI=1S/C46H27N5O/c1-47-33-21-23-34(24-22-33)51-39-17-9-8-15-35(39)37-27-31(19-25-40(37)51)32-20-26-41-38(28-32)43-36(16-10-18-42(43)52-41)46-49-44(29-11-4-2-5-12-29)48-45(50-46)30-13-6-3-7-14-30/h2-28H. The molecule has 0 unspecified atom stereocenters. The second kappa shape index (κ2) is 11.9. The van der Waals surface area contributed by atoms with Crippen molar-refractivity contribution in [2.24, 2.45) is 0 Å². The van der Waals surface area contributed by atoms with Crippen molar-refractivity contribution in [3.63, 3.8) is 0 Å². The van der Waals surface area contributed by atoms with Crippen LogP contribution in [-0.4, -0.2) is 19.5 Å². The van der Waals surface area contributed by atoms with E-state index >= 15 is 0 Å². The minimum absolute atomic E-state index is 0.588. The van der Waals surface area contributed by atoms with Gasteiger partial charge in [0.05, 0.1) is 17.6 Å². The van der Waals surface area contributed by atoms with Crippen molar-refractivity contribution in [2.75, 3.05) is 0 Å². The first-order chi connectivity index (χ1) is 25.7. The number of rotatable bonds is 5. The van der Waals surface area contributed by atoms with Gasteiger partial charge in [0.25, 0.3) is 0 Å². The van der Waals surface area contributed by atoms with E-state index in [1.54, 1.807) is 0 Å². The Balaban J connectivity index is 1.15. The van der Waals surface area contributed by atoms with Gasteiger partial charge in [0.1, 0.15) is 11.2 Å². The molecule has 242 valence electrons. The van der Waals surface area contributed by atoms with Crippen LogP contribution in [-0.2, 0) is 0 Å². The predicted octanol–water partition coefficient (Wildman–Crippen LogP) is 12.1. The summed E-state index contributed by atoms with van der Waals surface area (Å²) < 4.78 is 8.71. The van der Waals surface area contributed by atoms with Gasteiger partial charge < -0.3 is 8.98 Å². The van der Waals surface area contributed by atoms with Crippen molar-refractivity contribution in [3.8, 4) is 51.0 Å². The normalized spacial score (nSPS) is 11.4. The quantitative estimate of drug-likeness (QED) is 0.172. The summed E-state index contributed by atoms with van der Waals surface area (Å²) in [6.45, 7) is 7.38. The van der Waals surface area contributed by atoms with Gasteiger partial charge in [-0.2, -0.15) is 0 Å². The van der Waals surface area contributed by atoms with E-state index in [9.17, 15) is 0 Å². The van der Waals surface area contributed by atoms with Crippen LogP contribution in [0.1, 0.15) is 0 Å². The smallest absolute Gasteiger partial charge is 0.187 e. The van der Waals surface area contributed by atoms with Gasteiger partial charge in [-0.1, -0.05) is 115 Å². The van der Waals surface area contributed by atoms with Gasteiger partial charge in [-0.15, -0.1) is 0 Å². The summed E-state index contributed by atoms with van der Waals surface area (Å²) in [6.07, 6.45) is 0. The van der Waals surface area contributed by atoms with Crippen LogP contribution in [0, 0.1) is 6.57 Å². The van der Waals surface area contributed by atoms with Gasteiger partial charge in [0.15, 0.2) is 23.2 Å². The van der Waals surface area contributed by atoms with Crippen molar-refractivity contribution in [1.82, 2.24) is 19.5 Å². The molecule has 6 nitrogen and oxygen atoms in total. The summed E-state index contributed by atoms with van der Waals surface area (Å²) in [5, 5.41) is 4.29. The number of fused-ring (bicyclic) bond motifs is 6. The molecule has 0 saturated heterocycles. The van der Waals surface area contributed by atoms with Crippen LogP contribution in [0.5, 0.6) is 0 Å². The van der Waals surface area contributed by atoms with Crippen LogP contribution >= 0.6 is 0 Å². The molecule has 10 aromatic rings. The second-order valence-corrected chi connectivity index (χ2v) is 12.7. The molecule has 0 aliphatic carbocycles. The number of furan rings is 1. The summed E-state index contributed by atoms with van der Waals surface area (Å²) in [4.78, 5) is 18.6. The molecule has 3 heterocycles. The van der Waals surface area contributed by atoms with Crippen LogP contribution < -0.4 is 0 Å². The van der Waals surface area contributed by atoms with E-state index in [0.717, 1.165) is 71.9 Å². The Hall–Kier alpha value is -7.36. The third kappa shape index (κ3) is 4.84. The lowest BCUT2D eigenvalue weighted by molar-refractivity contribution is 0.669. The zero-order valence-corrected chi connectivity index (χ0v) is 27.7. The van der Waals surface area contributed by atoms with Gasteiger partial charge >= 0.3 is 0 Å². The molecular weight excluding hydrogens is 639 g/mol. The van der Waals surface area contributed by atoms with Gasteiger partial charge in [0, 0.05) is 43.9 Å². The Bertz CT molecular complexity index is 2950. The van der Waals surface area contributed by atoms with Gasteiger partial charge in [-0.3, -0.25) is 0 Å². The number of hydrogen-bond donors (Lipinski definition) is 0. The molecule has 0 atom stereocenters. The highest BCUT2D eigenvalue weighted by molar-refractivity contribution is 6.14. The van der Waals surface area contributed by atoms with E-state index in [1.165, 1.54) is 5.39 Å². The summed E-state index contributed by atoms with van der Waals surface area (Å²) in [5.74, 6) is 1.82. The molecule has 3 aromatic heterocycles. The van der Waals surface area contributed by atoms with E-state index in [2.05, 4.69) is 76.1 Å². The summed E-state index contributed by atoms with van der Waals surface area (Å²) >= 11 is 0. The summed E-state index contributed by atoms with van der Waals surface area (Å²) in [5.41, 5.74) is 10.4. The fourth-order valence-corrected chi connectivity index (χ4v) is 7.23. The van der Waals surface area contributed by atoms with E-state index in [4.69, 9.17) is 25.9 Å². The highest BCUT2D eigenvalue weighted by atomic mass is 16.3. The van der Waals surface area contributed by atoms with Gasteiger partial charge in [0.2, 0.25) is 0 Å². The Kier molecular flexibility index (Phi) is 6.76. The number of benzene rings is 7. The SMILES string of the molecule is [C-]#[N+]c1ccc(-n2c3ccccc3c3cc(-c4ccc5oc6cccc(-c7nc(-c8ccccc8)nc(-c8ccccc8)n7)c6c5c4)ccc32)cc1. The molecule has 0 aliphatic rings. The summed E-state index contributed by atoms with van der Waals surface area (Å²) in [7, 11) is 0. The third-order valence-electron chi connectivity index (χ3n) is 9.68. The molecule has 0 fully saturated rings. The topological polar surface area (TPSA) is 61.1 Å². The minimum atomic E-state index is 0.588. The molecule has 10 rings (SSSR count). The number of para-hydroxylation sites is 1. The number of nitrogens with zero attached hydrogens (tertiary/aromatic N) is 5. The first-order valence-electron chi connectivity index (χ1n) is 17.1. The highest BCUT2D eigenvalue weighted by Crippen LogP contribution is 2.40. The molecule has 0 N–H and O–H groups in total. The predicted molar refractivity (Wildman–Crippen MR) is 209 cm³/mol. The Morgan fingerprint density at radius 3 is 1.79 bits per heavy atom. The zero-order chi connectivity index (χ0) is 34.6. The molecule has 6 heteroatoms. The van der Waals surface area contributed by atoms with Crippen LogP contribution in [0.2, 0.25) is 0 Å². The first kappa shape index (κ1) is 29.5. The van der Waals surface area contributed by atoms with Crippen LogP contribution in [0.15, 0.2) is 168 Å². The van der Waals surface area contributed by atoms with Gasteiger partial charge in [-0.05, 0) is 59.7 Å². The lowest BCUT2D eigenvalue weighted by Crippen LogP contribution is -2.00. The van der Waals surface area contributed by atoms with Crippen molar-refractivity contribution < 1.29 is 4.42 Å². The van der Waals surface area contributed by atoms with Crippen LogP contribution in [0.4, 0.5) is 5.69 Å². The molecule has 0 spiro atoms. The average molecular weight is 666 g/mol.